The fraction of sp³-hybridized carbons (Fsp3) is 0.714. The summed E-state index contributed by atoms with van der Waals surface area (Å²) in [6.07, 6.45) is 9.07. The standard InChI is InChI=1S/C28H44F3NO6S/c1-3-4-5-6-7-8-9-10-11-12-13-14-15-16-25(33)38-21-24(32-27(35)28(29,30)31)26(34)22-17-19-23(20-18-22)39(2,36)37/h17-20,24,26,34H,3-16,21H2,1-2H3,(H,32,35). The summed E-state index contributed by atoms with van der Waals surface area (Å²) in [5.41, 5.74) is 0.0578. The van der Waals surface area contributed by atoms with Crippen molar-refractivity contribution in [3.05, 3.63) is 29.8 Å². The number of hydrogen-bond acceptors (Lipinski definition) is 6. The van der Waals surface area contributed by atoms with Crippen LogP contribution >= 0.6 is 0 Å². The minimum atomic E-state index is -5.20. The molecule has 0 bridgehead atoms. The van der Waals surface area contributed by atoms with Crippen LogP contribution in [-0.4, -0.2) is 50.5 Å². The molecule has 0 saturated carbocycles. The molecule has 0 aliphatic heterocycles. The molecular weight excluding hydrogens is 535 g/mol. The highest BCUT2D eigenvalue weighted by atomic mass is 32.2. The van der Waals surface area contributed by atoms with Gasteiger partial charge in [0.15, 0.2) is 9.84 Å². The molecule has 1 rings (SSSR count). The summed E-state index contributed by atoms with van der Waals surface area (Å²) in [6.45, 7) is 1.54. The van der Waals surface area contributed by atoms with E-state index in [-0.39, 0.29) is 16.9 Å². The van der Waals surface area contributed by atoms with E-state index < -0.39 is 46.6 Å². The molecule has 0 saturated heterocycles. The van der Waals surface area contributed by atoms with E-state index in [2.05, 4.69) is 6.92 Å². The molecule has 224 valence electrons. The SMILES string of the molecule is CCCCCCCCCCCCCCCC(=O)OCC(NC(=O)C(F)(F)F)C(O)c1ccc(S(C)(=O)=O)cc1. The van der Waals surface area contributed by atoms with Gasteiger partial charge < -0.3 is 15.2 Å². The lowest BCUT2D eigenvalue weighted by Crippen LogP contribution is -2.48. The Morgan fingerprint density at radius 2 is 1.33 bits per heavy atom. The first-order valence-corrected chi connectivity index (χ1v) is 15.8. The average Bonchev–Trinajstić information content (AvgIpc) is 2.87. The number of alkyl halides is 3. The first-order chi connectivity index (χ1) is 18.4. The maximum Gasteiger partial charge on any atom is 0.471 e. The van der Waals surface area contributed by atoms with Crippen molar-refractivity contribution in [1.82, 2.24) is 5.32 Å². The lowest BCUT2D eigenvalue weighted by molar-refractivity contribution is -0.176. The van der Waals surface area contributed by atoms with E-state index >= 15 is 0 Å². The quantitative estimate of drug-likeness (QED) is 0.141. The number of carbonyl (C=O) groups excluding carboxylic acids is 2. The van der Waals surface area contributed by atoms with Gasteiger partial charge in [-0.15, -0.1) is 0 Å². The molecule has 2 N–H and O–H groups in total. The number of esters is 1. The Morgan fingerprint density at radius 1 is 0.872 bits per heavy atom. The molecule has 1 aromatic rings. The third kappa shape index (κ3) is 15.3. The van der Waals surface area contributed by atoms with Gasteiger partial charge >= 0.3 is 18.1 Å². The molecule has 39 heavy (non-hydrogen) atoms. The second-order valence-electron chi connectivity index (χ2n) is 10.0. The van der Waals surface area contributed by atoms with Crippen LogP contribution in [0.1, 0.15) is 108 Å². The van der Waals surface area contributed by atoms with Gasteiger partial charge in [0.2, 0.25) is 0 Å². The number of unbranched alkanes of at least 4 members (excludes halogenated alkanes) is 12. The van der Waals surface area contributed by atoms with Crippen LogP contribution in [0.3, 0.4) is 0 Å². The molecule has 1 amide bonds. The number of hydrogen-bond donors (Lipinski definition) is 2. The van der Waals surface area contributed by atoms with Gasteiger partial charge in [-0.05, 0) is 24.1 Å². The second kappa shape index (κ2) is 18.3. The van der Waals surface area contributed by atoms with Gasteiger partial charge in [0.25, 0.3) is 0 Å². The highest BCUT2D eigenvalue weighted by Gasteiger charge is 2.41. The Bertz CT molecular complexity index is 951. The van der Waals surface area contributed by atoms with Gasteiger partial charge in [-0.2, -0.15) is 13.2 Å². The summed E-state index contributed by atoms with van der Waals surface area (Å²) in [4.78, 5) is 23.6. The Balaban J connectivity index is 2.43. The topological polar surface area (TPSA) is 110 Å². The van der Waals surface area contributed by atoms with Gasteiger partial charge in [0.1, 0.15) is 12.7 Å². The largest absolute Gasteiger partial charge is 0.471 e. The van der Waals surface area contributed by atoms with E-state index in [1.165, 1.54) is 75.6 Å². The van der Waals surface area contributed by atoms with Gasteiger partial charge in [-0.3, -0.25) is 9.59 Å². The molecule has 0 radical (unpaired) electrons. The number of rotatable bonds is 20. The molecule has 2 unspecified atom stereocenters. The number of carbonyl (C=O) groups is 2. The summed E-state index contributed by atoms with van der Waals surface area (Å²) in [5.74, 6) is -2.92. The van der Waals surface area contributed by atoms with Crippen molar-refractivity contribution >= 4 is 21.7 Å². The van der Waals surface area contributed by atoms with Crippen molar-refractivity contribution in [3.8, 4) is 0 Å². The van der Waals surface area contributed by atoms with Crippen molar-refractivity contribution in [2.75, 3.05) is 12.9 Å². The van der Waals surface area contributed by atoms with Crippen molar-refractivity contribution in [2.45, 2.75) is 120 Å². The van der Waals surface area contributed by atoms with Crippen molar-refractivity contribution in [3.63, 3.8) is 0 Å². The number of sulfone groups is 1. The van der Waals surface area contributed by atoms with Crippen molar-refractivity contribution in [2.24, 2.45) is 0 Å². The van der Waals surface area contributed by atoms with Gasteiger partial charge in [-0.25, -0.2) is 8.42 Å². The van der Waals surface area contributed by atoms with Crippen LogP contribution in [0.2, 0.25) is 0 Å². The Hall–Kier alpha value is -2.14. The number of ether oxygens (including phenoxy) is 1. The van der Waals surface area contributed by atoms with E-state index in [1.807, 2.05) is 0 Å². The molecule has 0 spiro atoms. The predicted octanol–water partition coefficient (Wildman–Crippen LogP) is 6.20. The summed E-state index contributed by atoms with van der Waals surface area (Å²) in [5, 5.41) is 12.2. The molecule has 0 heterocycles. The van der Waals surface area contributed by atoms with Crippen LogP contribution in [0.25, 0.3) is 0 Å². The van der Waals surface area contributed by atoms with Crippen LogP contribution in [0.15, 0.2) is 29.2 Å². The lowest BCUT2D eigenvalue weighted by atomic mass is 10.0. The Labute approximate surface area is 230 Å². The third-order valence-corrected chi connectivity index (χ3v) is 7.64. The highest BCUT2D eigenvalue weighted by Crippen LogP contribution is 2.22. The minimum Gasteiger partial charge on any atom is -0.463 e. The lowest BCUT2D eigenvalue weighted by Gasteiger charge is -2.25. The second-order valence-corrected chi connectivity index (χ2v) is 12.1. The van der Waals surface area contributed by atoms with Crippen LogP contribution in [0, 0.1) is 0 Å². The van der Waals surface area contributed by atoms with E-state index in [0.29, 0.717) is 6.42 Å². The van der Waals surface area contributed by atoms with Crippen molar-refractivity contribution in [1.29, 1.82) is 0 Å². The molecule has 7 nitrogen and oxygen atoms in total. The summed E-state index contributed by atoms with van der Waals surface area (Å²) in [6, 6.07) is 3.25. The average molecular weight is 580 g/mol. The Kier molecular flexibility index (Phi) is 16.3. The molecule has 0 fully saturated rings. The van der Waals surface area contributed by atoms with Gasteiger partial charge in [0, 0.05) is 12.7 Å². The zero-order chi connectivity index (χ0) is 29.3. The molecule has 0 aliphatic rings. The van der Waals surface area contributed by atoms with Crippen LogP contribution in [0.5, 0.6) is 0 Å². The smallest absolute Gasteiger partial charge is 0.463 e. The van der Waals surface area contributed by atoms with Crippen molar-refractivity contribution < 1.29 is 41.0 Å². The number of halogens is 3. The molecule has 11 heteroatoms. The Morgan fingerprint density at radius 3 is 1.77 bits per heavy atom. The maximum absolute atomic E-state index is 12.8. The van der Waals surface area contributed by atoms with E-state index in [4.69, 9.17) is 4.74 Å². The number of aliphatic hydroxyl groups is 1. The molecule has 0 aliphatic carbocycles. The van der Waals surface area contributed by atoms with E-state index in [9.17, 15) is 36.3 Å². The number of aliphatic hydroxyl groups excluding tert-OH is 1. The highest BCUT2D eigenvalue weighted by molar-refractivity contribution is 7.90. The molecule has 1 aromatic carbocycles. The zero-order valence-electron chi connectivity index (χ0n) is 23.1. The summed E-state index contributed by atoms with van der Waals surface area (Å²) in [7, 11) is -3.52. The monoisotopic (exact) mass is 579 g/mol. The normalized spacial score (nSPS) is 13.6. The van der Waals surface area contributed by atoms with Crippen LogP contribution in [0.4, 0.5) is 13.2 Å². The molecule has 2 atom stereocenters. The zero-order valence-corrected chi connectivity index (χ0v) is 23.9. The number of nitrogens with one attached hydrogen (secondary N) is 1. The summed E-state index contributed by atoms with van der Waals surface area (Å²) < 4.78 is 66.7. The van der Waals surface area contributed by atoms with Crippen LogP contribution < -0.4 is 5.32 Å². The fourth-order valence-corrected chi connectivity index (χ4v) is 4.78. The maximum atomic E-state index is 12.8. The number of benzene rings is 1. The van der Waals surface area contributed by atoms with Crippen LogP contribution in [-0.2, 0) is 24.2 Å². The minimum absolute atomic E-state index is 0.0430. The van der Waals surface area contributed by atoms with E-state index in [0.717, 1.165) is 31.9 Å². The summed E-state index contributed by atoms with van der Waals surface area (Å²) >= 11 is 0. The fourth-order valence-electron chi connectivity index (χ4n) is 4.15. The predicted molar refractivity (Wildman–Crippen MR) is 144 cm³/mol. The van der Waals surface area contributed by atoms with Gasteiger partial charge in [0.05, 0.1) is 10.9 Å². The molecular formula is C28H44F3NO6S. The first-order valence-electron chi connectivity index (χ1n) is 13.9. The first kappa shape index (κ1) is 34.9. The van der Waals surface area contributed by atoms with E-state index in [1.54, 1.807) is 5.32 Å². The molecule has 0 aromatic heterocycles. The van der Waals surface area contributed by atoms with Gasteiger partial charge in [-0.1, -0.05) is 96.1 Å². The number of amides is 1. The third-order valence-electron chi connectivity index (χ3n) is 6.51.